The van der Waals surface area contributed by atoms with E-state index in [1.165, 1.54) is 96.7 Å². The minimum absolute atomic E-state index is 0.457. The van der Waals surface area contributed by atoms with Crippen LogP contribution < -0.4 is 5.73 Å². The van der Waals surface area contributed by atoms with Gasteiger partial charge < -0.3 is 10.6 Å². The highest BCUT2D eigenvalue weighted by molar-refractivity contribution is 4.81. The zero-order valence-corrected chi connectivity index (χ0v) is 14.8. The Labute approximate surface area is 133 Å². The van der Waals surface area contributed by atoms with E-state index < -0.39 is 0 Å². The van der Waals surface area contributed by atoms with Crippen molar-refractivity contribution in [3.05, 3.63) is 0 Å². The fraction of sp³-hybridized carbons (Fsp3) is 1.00. The van der Waals surface area contributed by atoms with Crippen molar-refractivity contribution in [2.75, 3.05) is 19.6 Å². The average Bonchev–Trinajstić information content (AvgIpc) is 2.50. The first-order valence-electron chi connectivity index (χ1n) is 9.75. The Morgan fingerprint density at radius 1 is 0.857 bits per heavy atom. The minimum Gasteiger partial charge on any atom is -0.327 e. The van der Waals surface area contributed by atoms with Gasteiger partial charge in [0.2, 0.25) is 0 Å². The monoisotopic (exact) mass is 296 g/mol. The lowest BCUT2D eigenvalue weighted by Gasteiger charge is -2.36. The van der Waals surface area contributed by atoms with Crippen LogP contribution in [0.2, 0.25) is 0 Å². The van der Waals surface area contributed by atoms with Crippen molar-refractivity contribution >= 4 is 0 Å². The maximum atomic E-state index is 6.18. The SMILES string of the molecule is CCCCCCCCCCCCN1CCC(N)C(CC)C1. The van der Waals surface area contributed by atoms with E-state index in [2.05, 4.69) is 18.7 Å². The molecule has 1 rings (SSSR count). The molecule has 1 fully saturated rings. The summed E-state index contributed by atoms with van der Waals surface area (Å²) in [5.74, 6) is 0.738. The number of hydrogen-bond acceptors (Lipinski definition) is 2. The van der Waals surface area contributed by atoms with Gasteiger partial charge >= 0.3 is 0 Å². The van der Waals surface area contributed by atoms with Crippen LogP contribution in [0.5, 0.6) is 0 Å². The molecule has 0 saturated carbocycles. The van der Waals surface area contributed by atoms with Gasteiger partial charge in [-0.15, -0.1) is 0 Å². The fourth-order valence-corrected chi connectivity index (χ4v) is 3.58. The second-order valence-electron chi connectivity index (χ2n) is 7.10. The smallest absolute Gasteiger partial charge is 0.00914 e. The molecule has 0 spiro atoms. The van der Waals surface area contributed by atoms with Crippen LogP contribution in [0, 0.1) is 5.92 Å². The minimum atomic E-state index is 0.457. The third-order valence-corrected chi connectivity index (χ3v) is 5.23. The van der Waals surface area contributed by atoms with Crippen LogP contribution in [0.1, 0.15) is 90.9 Å². The van der Waals surface area contributed by atoms with Crippen LogP contribution in [0.4, 0.5) is 0 Å². The number of piperidine rings is 1. The Morgan fingerprint density at radius 2 is 1.43 bits per heavy atom. The van der Waals surface area contributed by atoms with Crippen LogP contribution in [0.25, 0.3) is 0 Å². The predicted molar refractivity (Wildman–Crippen MR) is 94.7 cm³/mol. The van der Waals surface area contributed by atoms with E-state index in [0.29, 0.717) is 6.04 Å². The maximum Gasteiger partial charge on any atom is 0.00914 e. The van der Waals surface area contributed by atoms with E-state index in [1.54, 1.807) is 0 Å². The molecule has 2 heteroatoms. The first-order valence-corrected chi connectivity index (χ1v) is 9.75. The Balaban J connectivity index is 1.88. The lowest BCUT2D eigenvalue weighted by Crippen LogP contribution is -2.47. The van der Waals surface area contributed by atoms with Gasteiger partial charge in [0.1, 0.15) is 0 Å². The van der Waals surface area contributed by atoms with Crippen molar-refractivity contribution in [2.45, 2.75) is 96.9 Å². The molecule has 1 aliphatic heterocycles. The van der Waals surface area contributed by atoms with E-state index >= 15 is 0 Å². The molecule has 1 aliphatic rings. The Hall–Kier alpha value is -0.0800. The van der Waals surface area contributed by atoms with Crippen molar-refractivity contribution < 1.29 is 0 Å². The van der Waals surface area contributed by atoms with Gasteiger partial charge in [-0.3, -0.25) is 0 Å². The van der Waals surface area contributed by atoms with Crippen molar-refractivity contribution in [1.29, 1.82) is 0 Å². The summed E-state index contributed by atoms with van der Waals surface area (Å²) < 4.78 is 0. The summed E-state index contributed by atoms with van der Waals surface area (Å²) in [4.78, 5) is 2.66. The molecule has 2 nitrogen and oxygen atoms in total. The number of likely N-dealkylation sites (tertiary alicyclic amines) is 1. The maximum absolute atomic E-state index is 6.18. The standard InChI is InChI=1S/C19H40N2/c1-3-5-6-7-8-9-10-11-12-13-15-21-16-14-19(20)18(4-2)17-21/h18-19H,3-17,20H2,1-2H3. The van der Waals surface area contributed by atoms with Gasteiger partial charge in [0, 0.05) is 12.6 Å². The van der Waals surface area contributed by atoms with Crippen LogP contribution >= 0.6 is 0 Å². The molecule has 0 aromatic carbocycles. The molecule has 2 N–H and O–H groups in total. The van der Waals surface area contributed by atoms with Gasteiger partial charge in [-0.2, -0.15) is 0 Å². The van der Waals surface area contributed by atoms with Crippen molar-refractivity contribution in [2.24, 2.45) is 11.7 Å². The molecule has 2 atom stereocenters. The first kappa shape index (κ1) is 19.0. The normalized spacial score (nSPS) is 23.6. The summed E-state index contributed by atoms with van der Waals surface area (Å²) in [5, 5.41) is 0. The third-order valence-electron chi connectivity index (χ3n) is 5.23. The lowest BCUT2D eigenvalue weighted by atomic mass is 9.90. The van der Waals surface area contributed by atoms with E-state index in [-0.39, 0.29) is 0 Å². The van der Waals surface area contributed by atoms with Crippen LogP contribution in [0.3, 0.4) is 0 Å². The van der Waals surface area contributed by atoms with E-state index in [1.807, 2.05) is 0 Å². The second-order valence-corrected chi connectivity index (χ2v) is 7.10. The third kappa shape index (κ3) is 8.83. The summed E-state index contributed by atoms with van der Waals surface area (Å²) in [7, 11) is 0. The summed E-state index contributed by atoms with van der Waals surface area (Å²) in [6.07, 6.45) is 16.8. The molecule has 0 bridgehead atoms. The number of unbranched alkanes of at least 4 members (excludes halogenated alkanes) is 9. The number of nitrogens with zero attached hydrogens (tertiary/aromatic N) is 1. The first-order chi connectivity index (χ1) is 10.3. The quantitative estimate of drug-likeness (QED) is 0.515. The molecule has 1 heterocycles. The zero-order chi connectivity index (χ0) is 15.3. The van der Waals surface area contributed by atoms with Crippen LogP contribution in [-0.4, -0.2) is 30.6 Å². The van der Waals surface area contributed by atoms with Gasteiger partial charge in [0.15, 0.2) is 0 Å². The van der Waals surface area contributed by atoms with Crippen LogP contribution in [-0.2, 0) is 0 Å². The predicted octanol–water partition coefficient (Wildman–Crippen LogP) is 4.97. The number of rotatable bonds is 12. The van der Waals surface area contributed by atoms with Gasteiger partial charge in [-0.05, 0) is 31.8 Å². The molecule has 2 unspecified atom stereocenters. The second kappa shape index (κ2) is 12.5. The number of nitrogens with two attached hydrogens (primary N) is 1. The summed E-state index contributed by atoms with van der Waals surface area (Å²) >= 11 is 0. The van der Waals surface area contributed by atoms with Crippen molar-refractivity contribution in [3.63, 3.8) is 0 Å². The highest BCUT2D eigenvalue weighted by Gasteiger charge is 2.24. The molecular formula is C19H40N2. The molecule has 0 radical (unpaired) electrons. The highest BCUT2D eigenvalue weighted by Crippen LogP contribution is 2.19. The highest BCUT2D eigenvalue weighted by atomic mass is 15.1. The number of hydrogen-bond donors (Lipinski definition) is 1. The van der Waals surface area contributed by atoms with Crippen molar-refractivity contribution in [3.8, 4) is 0 Å². The molecule has 0 aromatic rings. The Kier molecular flexibility index (Phi) is 11.3. The Morgan fingerprint density at radius 3 is 2.00 bits per heavy atom. The molecule has 126 valence electrons. The molecule has 1 saturated heterocycles. The average molecular weight is 297 g/mol. The summed E-state index contributed by atoms with van der Waals surface area (Å²) in [6.45, 7) is 8.36. The van der Waals surface area contributed by atoms with Crippen molar-refractivity contribution in [1.82, 2.24) is 4.90 Å². The summed E-state index contributed by atoms with van der Waals surface area (Å²) in [6, 6.07) is 0.457. The van der Waals surface area contributed by atoms with E-state index in [4.69, 9.17) is 5.73 Å². The van der Waals surface area contributed by atoms with Gasteiger partial charge in [-0.25, -0.2) is 0 Å². The molecular weight excluding hydrogens is 256 g/mol. The Bertz CT molecular complexity index is 230. The molecule has 0 aliphatic carbocycles. The van der Waals surface area contributed by atoms with Crippen LogP contribution in [0.15, 0.2) is 0 Å². The van der Waals surface area contributed by atoms with E-state index in [0.717, 1.165) is 5.92 Å². The largest absolute Gasteiger partial charge is 0.327 e. The molecule has 0 amide bonds. The van der Waals surface area contributed by atoms with Gasteiger partial charge in [-0.1, -0.05) is 78.1 Å². The lowest BCUT2D eigenvalue weighted by molar-refractivity contribution is 0.149. The fourth-order valence-electron chi connectivity index (χ4n) is 3.58. The summed E-state index contributed by atoms with van der Waals surface area (Å²) in [5.41, 5.74) is 6.18. The zero-order valence-electron chi connectivity index (χ0n) is 14.8. The molecule has 0 aromatic heterocycles. The van der Waals surface area contributed by atoms with E-state index in [9.17, 15) is 0 Å². The topological polar surface area (TPSA) is 29.3 Å². The van der Waals surface area contributed by atoms with Gasteiger partial charge in [0.05, 0.1) is 0 Å². The molecule has 21 heavy (non-hydrogen) atoms. The van der Waals surface area contributed by atoms with Gasteiger partial charge in [0.25, 0.3) is 0 Å².